The zero-order valence-corrected chi connectivity index (χ0v) is 13.9. The van der Waals surface area contributed by atoms with Gasteiger partial charge in [0.1, 0.15) is 0 Å². The van der Waals surface area contributed by atoms with Crippen LogP contribution in [0.25, 0.3) is 0 Å². The summed E-state index contributed by atoms with van der Waals surface area (Å²) in [4.78, 5) is 0. The minimum absolute atomic E-state index is 0. The van der Waals surface area contributed by atoms with Crippen LogP contribution in [-0.2, 0) is 12.8 Å². The Balaban J connectivity index is 0.00000144. The van der Waals surface area contributed by atoms with Gasteiger partial charge >= 0.3 is 0 Å². The molecule has 2 aromatic rings. The van der Waals surface area contributed by atoms with E-state index in [0.717, 1.165) is 18.4 Å². The van der Waals surface area contributed by atoms with Crippen LogP contribution in [0.15, 0.2) is 48.5 Å². The lowest BCUT2D eigenvalue weighted by Crippen LogP contribution is -2.31. The van der Waals surface area contributed by atoms with Crippen LogP contribution in [0.5, 0.6) is 0 Å². The van der Waals surface area contributed by atoms with E-state index < -0.39 is 0 Å². The molecule has 1 saturated heterocycles. The number of hydrogen-bond acceptors (Lipinski definition) is 1. The number of benzene rings is 2. The van der Waals surface area contributed by atoms with Gasteiger partial charge in [-0.2, -0.15) is 0 Å². The molecule has 2 aliphatic rings. The van der Waals surface area contributed by atoms with E-state index >= 15 is 0 Å². The Kier molecular flexibility index (Phi) is 4.56. The minimum Gasteiger partial charge on any atom is -0.313 e. The standard InChI is InChI=1S/C20H23N.ClH/c1-14-5-4-6-15(11-14)12-20-18-10-9-16-7-2-3-8-17(16)19(18)13-21-20;/h2-8,11,18-21H,9-10,12-13H2,1H3;1H. The van der Waals surface area contributed by atoms with Crippen LogP contribution >= 0.6 is 12.4 Å². The second-order valence-electron chi connectivity index (χ2n) is 6.72. The van der Waals surface area contributed by atoms with E-state index in [9.17, 15) is 0 Å². The first-order valence-corrected chi connectivity index (χ1v) is 8.18. The molecule has 1 aliphatic carbocycles. The van der Waals surface area contributed by atoms with Gasteiger partial charge in [0.05, 0.1) is 0 Å². The molecule has 0 bridgehead atoms. The van der Waals surface area contributed by atoms with Gasteiger partial charge < -0.3 is 5.32 Å². The first kappa shape index (κ1) is 15.6. The number of aryl methyl sites for hydroxylation is 2. The molecule has 4 rings (SSSR count). The first-order chi connectivity index (χ1) is 10.3. The Labute approximate surface area is 139 Å². The molecule has 0 aromatic heterocycles. The van der Waals surface area contributed by atoms with Crippen molar-refractivity contribution in [1.82, 2.24) is 5.32 Å². The summed E-state index contributed by atoms with van der Waals surface area (Å²) >= 11 is 0. The van der Waals surface area contributed by atoms with Crippen molar-refractivity contribution in [1.29, 1.82) is 0 Å². The van der Waals surface area contributed by atoms with Crippen LogP contribution in [0, 0.1) is 12.8 Å². The van der Waals surface area contributed by atoms with E-state index in [4.69, 9.17) is 0 Å². The average Bonchev–Trinajstić information content (AvgIpc) is 2.91. The smallest absolute Gasteiger partial charge is 0.0142 e. The fraction of sp³-hybridized carbons (Fsp3) is 0.400. The summed E-state index contributed by atoms with van der Waals surface area (Å²) < 4.78 is 0. The van der Waals surface area contributed by atoms with Crippen LogP contribution < -0.4 is 5.32 Å². The van der Waals surface area contributed by atoms with Crippen molar-refractivity contribution in [3.63, 3.8) is 0 Å². The molecular formula is C20H24ClN. The third-order valence-electron chi connectivity index (χ3n) is 5.37. The van der Waals surface area contributed by atoms with E-state index in [2.05, 4.69) is 60.8 Å². The summed E-state index contributed by atoms with van der Waals surface area (Å²) in [5.74, 6) is 1.53. The highest BCUT2D eigenvalue weighted by Gasteiger charge is 2.39. The van der Waals surface area contributed by atoms with Gasteiger partial charge in [-0.1, -0.05) is 54.1 Å². The highest BCUT2D eigenvalue weighted by Crippen LogP contribution is 2.41. The van der Waals surface area contributed by atoms with Crippen molar-refractivity contribution in [2.75, 3.05) is 6.54 Å². The molecule has 0 amide bonds. The van der Waals surface area contributed by atoms with E-state index in [1.165, 1.54) is 30.4 Å². The van der Waals surface area contributed by atoms with E-state index in [-0.39, 0.29) is 12.4 Å². The predicted molar refractivity (Wildman–Crippen MR) is 94.9 cm³/mol. The minimum atomic E-state index is 0. The maximum Gasteiger partial charge on any atom is 0.0142 e. The molecule has 2 heteroatoms. The van der Waals surface area contributed by atoms with Crippen LogP contribution in [0.1, 0.15) is 34.6 Å². The number of halogens is 1. The van der Waals surface area contributed by atoms with Crippen LogP contribution in [0.2, 0.25) is 0 Å². The first-order valence-electron chi connectivity index (χ1n) is 8.18. The molecular weight excluding hydrogens is 290 g/mol. The molecule has 1 N–H and O–H groups in total. The molecule has 1 fully saturated rings. The van der Waals surface area contributed by atoms with Gasteiger partial charge in [-0.25, -0.2) is 0 Å². The molecule has 0 spiro atoms. The van der Waals surface area contributed by atoms with Gasteiger partial charge in [0.25, 0.3) is 0 Å². The largest absolute Gasteiger partial charge is 0.313 e. The molecule has 22 heavy (non-hydrogen) atoms. The van der Waals surface area contributed by atoms with Crippen molar-refractivity contribution in [3.05, 3.63) is 70.8 Å². The number of rotatable bonds is 2. The summed E-state index contributed by atoms with van der Waals surface area (Å²) in [6.07, 6.45) is 3.76. The van der Waals surface area contributed by atoms with E-state index in [0.29, 0.717) is 6.04 Å². The van der Waals surface area contributed by atoms with Crippen LogP contribution in [-0.4, -0.2) is 12.6 Å². The van der Waals surface area contributed by atoms with Crippen LogP contribution in [0.4, 0.5) is 0 Å². The average molecular weight is 314 g/mol. The SMILES string of the molecule is Cc1cccc(CC2NCC3c4ccccc4CCC23)c1.Cl. The van der Waals surface area contributed by atoms with Crippen molar-refractivity contribution >= 4 is 12.4 Å². The zero-order valence-electron chi connectivity index (χ0n) is 13.1. The maximum atomic E-state index is 3.81. The van der Waals surface area contributed by atoms with Gasteiger partial charge in [0.15, 0.2) is 0 Å². The molecule has 3 unspecified atom stereocenters. The highest BCUT2D eigenvalue weighted by atomic mass is 35.5. The lowest BCUT2D eigenvalue weighted by Gasteiger charge is -2.30. The van der Waals surface area contributed by atoms with Gasteiger partial charge in [-0.15, -0.1) is 12.4 Å². The molecule has 3 atom stereocenters. The summed E-state index contributed by atoms with van der Waals surface area (Å²) in [5, 5.41) is 3.81. The fourth-order valence-corrected chi connectivity index (χ4v) is 4.37. The summed E-state index contributed by atoms with van der Waals surface area (Å²) in [6.45, 7) is 3.34. The Bertz CT molecular complexity index is 652. The molecule has 1 aliphatic heterocycles. The van der Waals surface area contributed by atoms with Crippen molar-refractivity contribution in [2.24, 2.45) is 5.92 Å². The fourth-order valence-electron chi connectivity index (χ4n) is 4.37. The normalized spacial score (nSPS) is 26.0. The monoisotopic (exact) mass is 313 g/mol. The summed E-state index contributed by atoms with van der Waals surface area (Å²) in [6, 6.07) is 18.7. The highest BCUT2D eigenvalue weighted by molar-refractivity contribution is 5.85. The van der Waals surface area contributed by atoms with Crippen molar-refractivity contribution in [2.45, 2.75) is 38.1 Å². The Morgan fingerprint density at radius 2 is 1.95 bits per heavy atom. The second-order valence-corrected chi connectivity index (χ2v) is 6.72. The number of nitrogens with one attached hydrogen (secondary N) is 1. The van der Waals surface area contributed by atoms with E-state index in [1.54, 1.807) is 11.1 Å². The van der Waals surface area contributed by atoms with Crippen molar-refractivity contribution in [3.8, 4) is 0 Å². The summed E-state index contributed by atoms with van der Waals surface area (Å²) in [7, 11) is 0. The molecule has 1 heterocycles. The Hall–Kier alpha value is -1.31. The van der Waals surface area contributed by atoms with Crippen molar-refractivity contribution < 1.29 is 0 Å². The third kappa shape index (κ3) is 2.80. The lowest BCUT2D eigenvalue weighted by molar-refractivity contribution is 0.373. The maximum absolute atomic E-state index is 3.81. The zero-order chi connectivity index (χ0) is 14.2. The van der Waals surface area contributed by atoms with Crippen LogP contribution in [0.3, 0.4) is 0 Å². The predicted octanol–water partition coefficient (Wildman–Crippen LogP) is 4.28. The van der Waals surface area contributed by atoms with Gasteiger partial charge in [-0.3, -0.25) is 0 Å². The molecule has 0 radical (unpaired) electrons. The number of hydrogen-bond donors (Lipinski definition) is 1. The van der Waals surface area contributed by atoms with Gasteiger partial charge in [0, 0.05) is 18.5 Å². The number of fused-ring (bicyclic) bond motifs is 3. The van der Waals surface area contributed by atoms with E-state index in [1.807, 2.05) is 0 Å². The topological polar surface area (TPSA) is 12.0 Å². The molecule has 2 aromatic carbocycles. The van der Waals surface area contributed by atoms with Gasteiger partial charge in [-0.05, 0) is 48.8 Å². The Morgan fingerprint density at radius 3 is 2.82 bits per heavy atom. The quantitative estimate of drug-likeness (QED) is 0.872. The molecule has 1 nitrogen and oxygen atoms in total. The lowest BCUT2D eigenvalue weighted by atomic mass is 9.74. The second kappa shape index (κ2) is 6.44. The molecule has 0 saturated carbocycles. The summed E-state index contributed by atoms with van der Waals surface area (Å²) in [5.41, 5.74) is 6.03. The van der Waals surface area contributed by atoms with Gasteiger partial charge in [0.2, 0.25) is 0 Å². The Morgan fingerprint density at radius 1 is 1.09 bits per heavy atom. The third-order valence-corrected chi connectivity index (χ3v) is 5.37. The molecule has 116 valence electrons.